The zero-order valence-electron chi connectivity index (χ0n) is 20.2. The number of carboxylic acids is 1. The molecule has 0 spiro atoms. The van der Waals surface area contributed by atoms with E-state index in [1.807, 2.05) is 19.1 Å². The number of anilines is 1. The van der Waals surface area contributed by atoms with E-state index in [9.17, 15) is 34.7 Å². The summed E-state index contributed by atoms with van der Waals surface area (Å²) in [5.41, 5.74) is 0.268. The molecular formula is C21H25BrN5NaO7. The summed E-state index contributed by atoms with van der Waals surface area (Å²) in [6, 6.07) is 4.82. The SMILES string of the molecule is Cc1ccnc(NCCCC(=O)NCC(=O)NC(CC(=O)O)c2cc(Br)cc([N+](=O)[O-])c2O)c1.[H-].[Na+]. The molecule has 1 heterocycles. The number of aromatic nitrogens is 1. The summed E-state index contributed by atoms with van der Waals surface area (Å²) in [4.78, 5) is 50.0. The number of aryl methyl sites for hydroxylation is 1. The molecule has 0 aliphatic rings. The molecule has 0 radical (unpaired) electrons. The van der Waals surface area contributed by atoms with Crippen molar-refractivity contribution in [2.45, 2.75) is 32.2 Å². The van der Waals surface area contributed by atoms with E-state index in [4.69, 9.17) is 0 Å². The predicted molar refractivity (Wildman–Crippen MR) is 126 cm³/mol. The van der Waals surface area contributed by atoms with E-state index in [-0.39, 0.29) is 53.3 Å². The minimum Gasteiger partial charge on any atom is -1.00 e. The smallest absolute Gasteiger partial charge is 1.00 e. The van der Waals surface area contributed by atoms with Crippen LogP contribution in [0.25, 0.3) is 0 Å². The maximum absolute atomic E-state index is 12.3. The van der Waals surface area contributed by atoms with Crippen LogP contribution in [0.4, 0.5) is 11.5 Å². The molecule has 1 atom stereocenters. The number of halogens is 1. The third-order valence-electron chi connectivity index (χ3n) is 4.62. The molecule has 1 aromatic heterocycles. The Bertz CT molecular complexity index is 1090. The number of hydrogen-bond acceptors (Lipinski definition) is 8. The van der Waals surface area contributed by atoms with E-state index >= 15 is 0 Å². The Hall–Kier alpha value is -2.74. The van der Waals surface area contributed by atoms with Crippen molar-refractivity contribution < 1.29 is 60.5 Å². The number of carbonyl (C=O) groups is 3. The van der Waals surface area contributed by atoms with Crippen LogP contribution >= 0.6 is 15.9 Å². The first-order chi connectivity index (χ1) is 16.1. The van der Waals surface area contributed by atoms with Gasteiger partial charge in [-0.3, -0.25) is 24.5 Å². The number of amides is 2. The number of rotatable bonds is 12. The van der Waals surface area contributed by atoms with Gasteiger partial charge in [0.2, 0.25) is 11.8 Å². The van der Waals surface area contributed by atoms with Crippen molar-refractivity contribution in [2.75, 3.05) is 18.4 Å². The van der Waals surface area contributed by atoms with Gasteiger partial charge in [0.25, 0.3) is 0 Å². The van der Waals surface area contributed by atoms with Gasteiger partial charge in [0.05, 0.1) is 23.9 Å². The van der Waals surface area contributed by atoms with Gasteiger partial charge in [-0.05, 0) is 37.1 Å². The molecular weight excluding hydrogens is 537 g/mol. The Morgan fingerprint density at radius 3 is 2.60 bits per heavy atom. The quantitative estimate of drug-likeness (QED) is 0.0987. The van der Waals surface area contributed by atoms with E-state index in [1.54, 1.807) is 6.20 Å². The second-order valence-electron chi connectivity index (χ2n) is 7.36. The Morgan fingerprint density at radius 2 is 1.97 bits per heavy atom. The number of benzene rings is 1. The molecule has 0 fully saturated rings. The summed E-state index contributed by atoms with van der Waals surface area (Å²) < 4.78 is 0.222. The van der Waals surface area contributed by atoms with Gasteiger partial charge in [0.15, 0.2) is 5.75 Å². The molecule has 0 aliphatic carbocycles. The normalized spacial score (nSPS) is 11.0. The minimum atomic E-state index is -1.30. The van der Waals surface area contributed by atoms with Crippen molar-refractivity contribution in [3.8, 4) is 5.75 Å². The number of carboxylic acid groups (broad SMARTS) is 1. The zero-order valence-corrected chi connectivity index (χ0v) is 22.8. The number of nitrogens with zero attached hydrogens (tertiary/aromatic N) is 2. The van der Waals surface area contributed by atoms with Crippen LogP contribution in [0.15, 0.2) is 34.9 Å². The fourth-order valence-electron chi connectivity index (χ4n) is 3.03. The molecule has 2 aromatic rings. The van der Waals surface area contributed by atoms with Gasteiger partial charge in [0.1, 0.15) is 5.82 Å². The molecule has 184 valence electrons. The maximum atomic E-state index is 12.3. The Kier molecular flexibility index (Phi) is 12.6. The Balaban J connectivity index is 0.00000612. The van der Waals surface area contributed by atoms with Crippen LogP contribution in [0.5, 0.6) is 5.75 Å². The monoisotopic (exact) mass is 561 g/mol. The van der Waals surface area contributed by atoms with Crippen LogP contribution in [0, 0.1) is 17.0 Å². The topological polar surface area (TPSA) is 184 Å². The van der Waals surface area contributed by atoms with Crippen molar-refractivity contribution >= 4 is 45.2 Å². The molecule has 0 saturated carbocycles. The molecule has 2 amide bonds. The standard InChI is InChI=1S/C21H24BrN5O7.Na.H/c1-12-4-6-24-17(7-12)23-5-2-3-18(28)25-11-19(29)26-15(10-20(30)31)14-8-13(22)9-16(21(14)32)27(33)34;;/h4,6-9,15,32H,2-3,5,10-11H2,1H3,(H,23,24)(H,25,28)(H,26,29)(H,30,31);;/q;+1;-1. The van der Waals surface area contributed by atoms with Crippen LogP contribution < -0.4 is 45.5 Å². The molecule has 35 heavy (non-hydrogen) atoms. The maximum Gasteiger partial charge on any atom is 1.00 e. The van der Waals surface area contributed by atoms with Crippen molar-refractivity contribution in [2.24, 2.45) is 0 Å². The van der Waals surface area contributed by atoms with Crippen molar-refractivity contribution in [1.29, 1.82) is 0 Å². The molecule has 0 aliphatic heterocycles. The molecule has 5 N–H and O–H groups in total. The van der Waals surface area contributed by atoms with Crippen LogP contribution in [0.2, 0.25) is 0 Å². The van der Waals surface area contributed by atoms with Gasteiger partial charge in [0, 0.05) is 35.3 Å². The van der Waals surface area contributed by atoms with Crippen LogP contribution in [-0.2, 0) is 14.4 Å². The minimum absolute atomic E-state index is 0. The first kappa shape index (κ1) is 30.3. The third kappa shape index (κ3) is 10.2. The summed E-state index contributed by atoms with van der Waals surface area (Å²) in [5, 5.41) is 38.5. The molecule has 14 heteroatoms. The van der Waals surface area contributed by atoms with Crippen LogP contribution in [-0.4, -0.2) is 51.0 Å². The molecule has 0 bridgehead atoms. The summed E-state index contributed by atoms with van der Waals surface area (Å²) in [5.74, 6) is -2.46. The largest absolute Gasteiger partial charge is 1.00 e. The summed E-state index contributed by atoms with van der Waals surface area (Å²) >= 11 is 3.07. The van der Waals surface area contributed by atoms with E-state index in [1.165, 1.54) is 6.07 Å². The van der Waals surface area contributed by atoms with Gasteiger partial charge >= 0.3 is 41.2 Å². The van der Waals surface area contributed by atoms with Crippen molar-refractivity contribution in [3.63, 3.8) is 0 Å². The average Bonchev–Trinajstić information content (AvgIpc) is 2.75. The van der Waals surface area contributed by atoms with E-state index in [0.717, 1.165) is 11.6 Å². The van der Waals surface area contributed by atoms with Gasteiger partial charge in [-0.1, -0.05) is 15.9 Å². The average molecular weight is 562 g/mol. The van der Waals surface area contributed by atoms with Gasteiger partial charge in [-0.15, -0.1) is 0 Å². The van der Waals surface area contributed by atoms with Crippen molar-refractivity contribution in [1.82, 2.24) is 15.6 Å². The number of phenolic OH excluding ortho intramolecular Hbond substituents is 1. The third-order valence-corrected chi connectivity index (χ3v) is 5.08. The van der Waals surface area contributed by atoms with Gasteiger partial charge in [-0.25, -0.2) is 4.98 Å². The first-order valence-corrected chi connectivity index (χ1v) is 11.0. The van der Waals surface area contributed by atoms with Gasteiger partial charge in [-0.2, -0.15) is 0 Å². The second kappa shape index (κ2) is 14.6. The number of aromatic hydroxyl groups is 1. The predicted octanol–water partition coefficient (Wildman–Crippen LogP) is -0.477. The Morgan fingerprint density at radius 1 is 1.26 bits per heavy atom. The van der Waals surface area contributed by atoms with Gasteiger partial charge < -0.3 is 27.6 Å². The molecule has 0 saturated heterocycles. The fraction of sp³-hybridized carbons (Fsp3) is 0.333. The van der Waals surface area contributed by atoms with E-state index < -0.39 is 47.2 Å². The Labute approximate surface area is 232 Å². The van der Waals surface area contributed by atoms with E-state index in [2.05, 4.69) is 36.9 Å². The number of nitro groups is 1. The fourth-order valence-corrected chi connectivity index (χ4v) is 3.50. The molecule has 12 nitrogen and oxygen atoms in total. The molecule has 2 rings (SSSR count). The number of nitro benzene ring substituents is 1. The number of pyridine rings is 1. The van der Waals surface area contributed by atoms with Crippen LogP contribution in [0.3, 0.4) is 0 Å². The molecule has 1 aromatic carbocycles. The number of carbonyl (C=O) groups excluding carboxylic acids is 2. The number of hydrogen-bond donors (Lipinski definition) is 5. The summed E-state index contributed by atoms with van der Waals surface area (Å²) in [7, 11) is 0. The first-order valence-electron chi connectivity index (χ1n) is 10.2. The van der Waals surface area contributed by atoms with E-state index in [0.29, 0.717) is 18.8 Å². The summed E-state index contributed by atoms with van der Waals surface area (Å²) in [6.45, 7) is 2.00. The zero-order chi connectivity index (χ0) is 25.3. The van der Waals surface area contributed by atoms with Crippen LogP contribution in [0.1, 0.15) is 37.9 Å². The molecule has 1 unspecified atom stereocenters. The summed E-state index contributed by atoms with van der Waals surface area (Å²) in [6.07, 6.45) is 1.66. The number of phenols is 1. The number of nitrogens with one attached hydrogen (secondary N) is 3. The second-order valence-corrected chi connectivity index (χ2v) is 8.28. The number of aliphatic carboxylic acids is 1. The van der Waals surface area contributed by atoms with Crippen molar-refractivity contribution in [3.05, 3.63) is 56.2 Å².